The predicted octanol–water partition coefficient (Wildman–Crippen LogP) is 3.69. The minimum Gasteiger partial charge on any atom is -0.496 e. The summed E-state index contributed by atoms with van der Waals surface area (Å²) in [6.07, 6.45) is 0.701. The molecule has 2 rings (SSSR count). The number of ether oxygens (including phenoxy) is 2. The van der Waals surface area contributed by atoms with E-state index in [2.05, 4.69) is 0 Å². The van der Waals surface area contributed by atoms with Crippen LogP contribution in [0.4, 0.5) is 0 Å². The average molecular weight is 303 g/mol. The first-order valence-electron chi connectivity index (χ1n) is 9.29. The molecule has 4 nitrogen and oxygen atoms in total. The predicted molar refractivity (Wildman–Crippen MR) is 85.6 cm³/mol. The molecule has 0 amide bonds. The number of nitrogens with zero attached hydrogens (tertiary/aromatic N) is 1. The van der Waals surface area contributed by atoms with Crippen LogP contribution in [0, 0.1) is 25.2 Å². The molecule has 0 saturated carbocycles. The van der Waals surface area contributed by atoms with Gasteiger partial charge < -0.3 is 9.47 Å². The molecule has 0 fully saturated rings. The van der Waals surface area contributed by atoms with Gasteiger partial charge in [0.15, 0.2) is 0 Å². The lowest BCUT2D eigenvalue weighted by molar-refractivity contribution is 0.112. The fourth-order valence-electron chi connectivity index (χ4n) is 1.69. The van der Waals surface area contributed by atoms with Gasteiger partial charge in [0.2, 0.25) is 0 Å². The van der Waals surface area contributed by atoms with Crippen LogP contribution in [0.15, 0.2) is 36.4 Å². The lowest BCUT2D eigenvalue weighted by Crippen LogP contribution is -1.88. The zero-order chi connectivity index (χ0) is 21.5. The number of aryl methyl sites for hydroxylation is 2. The van der Waals surface area contributed by atoms with Gasteiger partial charge >= 0.3 is 0 Å². The molecule has 0 radical (unpaired) electrons. The molecule has 4 heteroatoms. The highest BCUT2D eigenvalue weighted by molar-refractivity contribution is 5.75. The van der Waals surface area contributed by atoms with Gasteiger partial charge in [-0.1, -0.05) is 0 Å². The minimum atomic E-state index is -2.45. The SMILES string of the molecule is [2H]C([2H])([2H])Oc1ccc(C#N)cc1C.[2H]C([2H])([2H])Oc1ccc(C=O)cc1C. The van der Waals surface area contributed by atoms with Crippen LogP contribution in [-0.4, -0.2) is 20.4 Å². The molecule has 0 spiro atoms. The van der Waals surface area contributed by atoms with Gasteiger partial charge in [0.25, 0.3) is 0 Å². The van der Waals surface area contributed by atoms with E-state index in [1.807, 2.05) is 6.07 Å². The van der Waals surface area contributed by atoms with Gasteiger partial charge in [-0.2, -0.15) is 5.26 Å². The summed E-state index contributed by atoms with van der Waals surface area (Å²) < 4.78 is 50.9. The highest BCUT2D eigenvalue weighted by Gasteiger charge is 1.98. The Bertz CT molecular complexity index is 869. The van der Waals surface area contributed by atoms with Crippen LogP contribution in [0.2, 0.25) is 0 Å². The van der Waals surface area contributed by atoms with Crippen LogP contribution in [0.1, 0.15) is 35.3 Å². The Morgan fingerprint density at radius 3 is 2.09 bits per heavy atom. The fourth-order valence-corrected chi connectivity index (χ4v) is 1.69. The van der Waals surface area contributed by atoms with Gasteiger partial charge in [-0.3, -0.25) is 4.79 Å². The number of carbonyl (C=O) groups is 1. The van der Waals surface area contributed by atoms with Crippen molar-refractivity contribution < 1.29 is 22.5 Å². The lowest BCUT2D eigenvalue weighted by atomic mass is 10.1. The van der Waals surface area contributed by atoms with Crippen molar-refractivity contribution in [3.8, 4) is 17.6 Å². The van der Waals surface area contributed by atoms with Gasteiger partial charge in [-0.15, -0.1) is 0 Å². The molecular weight excluding hydrogens is 278 g/mol. The van der Waals surface area contributed by atoms with E-state index in [9.17, 15) is 4.79 Å². The molecule has 0 N–H and O–H groups in total. The average Bonchev–Trinajstić information content (AvgIpc) is 2.57. The Morgan fingerprint density at radius 2 is 1.64 bits per heavy atom. The van der Waals surface area contributed by atoms with Crippen molar-refractivity contribution in [2.24, 2.45) is 0 Å². The third-order valence-corrected chi connectivity index (χ3v) is 2.86. The molecule has 2 aromatic carbocycles. The highest BCUT2D eigenvalue weighted by Crippen LogP contribution is 2.18. The van der Waals surface area contributed by atoms with E-state index in [-0.39, 0.29) is 11.5 Å². The number of hydrogen-bond donors (Lipinski definition) is 0. The van der Waals surface area contributed by atoms with Crippen molar-refractivity contribution in [3.05, 3.63) is 58.7 Å². The van der Waals surface area contributed by atoms with Crippen LogP contribution in [0.25, 0.3) is 0 Å². The molecule has 2 aromatic rings. The summed E-state index contributed by atoms with van der Waals surface area (Å²) in [5.74, 6) is 0.555. The van der Waals surface area contributed by atoms with Crippen molar-refractivity contribution in [1.82, 2.24) is 0 Å². The van der Waals surface area contributed by atoms with Crippen LogP contribution in [0.3, 0.4) is 0 Å². The van der Waals surface area contributed by atoms with Crippen LogP contribution in [-0.2, 0) is 0 Å². The molecule has 0 aliphatic heterocycles. The third-order valence-electron chi connectivity index (χ3n) is 2.86. The zero-order valence-corrected chi connectivity index (χ0v) is 12.2. The van der Waals surface area contributed by atoms with E-state index < -0.39 is 14.1 Å². The van der Waals surface area contributed by atoms with Crippen molar-refractivity contribution in [3.63, 3.8) is 0 Å². The number of nitriles is 1. The van der Waals surface area contributed by atoms with Crippen LogP contribution >= 0.6 is 0 Å². The number of carbonyl (C=O) groups excluding carboxylic acids is 1. The summed E-state index contributed by atoms with van der Waals surface area (Å²) in [6, 6.07) is 11.1. The summed E-state index contributed by atoms with van der Waals surface area (Å²) in [5, 5.41) is 8.58. The largest absolute Gasteiger partial charge is 0.496 e. The topological polar surface area (TPSA) is 59.3 Å². The number of benzene rings is 2. The maximum absolute atomic E-state index is 10.4. The summed E-state index contributed by atoms with van der Waals surface area (Å²) in [7, 11) is -4.90. The second-order valence-electron chi connectivity index (χ2n) is 4.44. The standard InChI is InChI=1S/C9H9NO.C9H10O2/c2*1-7-5-8(6-10)3-4-9(7)11-2/h3-5H,1-2H3;3-6H,1-2H3/i2*2D3. The normalized spacial score (nSPS) is 14.2. The molecule has 0 bridgehead atoms. The monoisotopic (exact) mass is 303 g/mol. The quantitative estimate of drug-likeness (QED) is 0.811. The molecule has 0 aliphatic carbocycles. The van der Waals surface area contributed by atoms with E-state index in [0.717, 1.165) is 0 Å². The molecule has 0 aliphatic rings. The summed E-state index contributed by atoms with van der Waals surface area (Å²) in [4.78, 5) is 10.4. The maximum atomic E-state index is 10.4. The van der Waals surface area contributed by atoms with Gasteiger partial charge in [0.05, 0.1) is 33.9 Å². The molecule has 0 saturated heterocycles. The Labute approximate surface area is 139 Å². The van der Waals surface area contributed by atoms with Crippen molar-refractivity contribution in [1.29, 1.82) is 5.26 Å². The molecule has 22 heavy (non-hydrogen) atoms. The minimum absolute atomic E-state index is 0.274. The first-order chi connectivity index (χ1) is 12.8. The van der Waals surface area contributed by atoms with Gasteiger partial charge in [-0.25, -0.2) is 0 Å². The number of aldehydes is 1. The smallest absolute Gasteiger partial charge is 0.150 e. The van der Waals surface area contributed by atoms with Crippen LogP contribution < -0.4 is 9.47 Å². The van der Waals surface area contributed by atoms with Crippen molar-refractivity contribution in [2.75, 3.05) is 14.1 Å². The van der Waals surface area contributed by atoms with E-state index in [4.69, 9.17) is 23.0 Å². The van der Waals surface area contributed by atoms with Gasteiger partial charge in [0.1, 0.15) is 17.8 Å². The molecule has 0 atom stereocenters. The molecule has 0 aromatic heterocycles. The summed E-state index contributed by atoms with van der Waals surface area (Å²) in [5.41, 5.74) is 2.26. The fraction of sp³-hybridized carbons (Fsp3) is 0.222. The molecule has 0 heterocycles. The second kappa shape index (κ2) is 8.48. The van der Waals surface area contributed by atoms with E-state index >= 15 is 0 Å². The molecule has 114 valence electrons. The van der Waals surface area contributed by atoms with Crippen molar-refractivity contribution >= 4 is 6.29 Å². The first-order valence-corrected chi connectivity index (χ1v) is 6.29. The Hall–Kier alpha value is -2.80. The van der Waals surface area contributed by atoms with Crippen LogP contribution in [0.5, 0.6) is 11.5 Å². The third kappa shape index (κ3) is 4.64. The molecule has 0 unspecified atom stereocenters. The van der Waals surface area contributed by atoms with Gasteiger partial charge in [-0.05, 0) is 61.4 Å². The molecular formula is C18H19NO3. The second-order valence-corrected chi connectivity index (χ2v) is 4.44. The summed E-state index contributed by atoms with van der Waals surface area (Å²) >= 11 is 0. The number of hydrogen-bond acceptors (Lipinski definition) is 4. The van der Waals surface area contributed by atoms with E-state index in [1.165, 1.54) is 24.3 Å². The Balaban J connectivity index is 0.000000280. The Morgan fingerprint density at radius 1 is 1.05 bits per heavy atom. The van der Waals surface area contributed by atoms with E-state index in [0.29, 0.717) is 28.5 Å². The zero-order valence-electron chi connectivity index (χ0n) is 18.2. The lowest BCUT2D eigenvalue weighted by Gasteiger charge is -2.03. The number of methoxy groups -OCH3 is 2. The van der Waals surface area contributed by atoms with Gasteiger partial charge in [0, 0.05) is 5.56 Å². The Kier molecular flexibility index (Phi) is 3.86. The maximum Gasteiger partial charge on any atom is 0.150 e. The first kappa shape index (κ1) is 10.0. The van der Waals surface area contributed by atoms with Crippen molar-refractivity contribution in [2.45, 2.75) is 13.8 Å². The highest BCUT2D eigenvalue weighted by atomic mass is 16.5. The van der Waals surface area contributed by atoms with E-state index in [1.54, 1.807) is 26.0 Å². The number of rotatable bonds is 3. The summed E-state index contributed by atoms with van der Waals surface area (Å²) in [6.45, 7) is 3.38.